The van der Waals surface area contributed by atoms with Crippen molar-refractivity contribution in [1.29, 1.82) is 0 Å². The van der Waals surface area contributed by atoms with Crippen molar-refractivity contribution in [2.24, 2.45) is 0 Å². The highest BCUT2D eigenvalue weighted by Crippen LogP contribution is 2.32. The van der Waals surface area contributed by atoms with E-state index in [1.165, 1.54) is 16.7 Å². The van der Waals surface area contributed by atoms with Gasteiger partial charge in [-0.2, -0.15) is 0 Å². The number of ether oxygens (including phenoxy) is 1. The first-order valence-corrected chi connectivity index (χ1v) is 10.7. The Kier molecular flexibility index (Phi) is 5.47. The Bertz CT molecular complexity index is 949. The van der Waals surface area contributed by atoms with Gasteiger partial charge in [-0.3, -0.25) is 9.69 Å². The summed E-state index contributed by atoms with van der Waals surface area (Å²) in [5, 5.41) is 0.771. The third kappa shape index (κ3) is 4.10. The minimum absolute atomic E-state index is 0.0758. The maximum Gasteiger partial charge on any atom is 0.233 e. The lowest BCUT2D eigenvalue weighted by Gasteiger charge is -2.23. The molecule has 4 nitrogen and oxygen atoms in total. The molecule has 5 heteroatoms. The second-order valence-corrected chi connectivity index (χ2v) is 8.71. The predicted molar refractivity (Wildman–Crippen MR) is 115 cm³/mol. The third-order valence-electron chi connectivity index (χ3n) is 5.41. The second kappa shape index (κ2) is 8.02. The van der Waals surface area contributed by atoms with Crippen molar-refractivity contribution < 1.29 is 9.53 Å². The number of anilines is 1. The lowest BCUT2D eigenvalue weighted by Crippen LogP contribution is -2.38. The van der Waals surface area contributed by atoms with Crippen LogP contribution in [0.15, 0.2) is 36.4 Å². The molecule has 146 valence electrons. The Labute approximate surface area is 170 Å². The van der Waals surface area contributed by atoms with E-state index in [0.29, 0.717) is 13.0 Å². The molecule has 1 saturated heterocycles. The molecule has 1 aliphatic heterocycles. The van der Waals surface area contributed by atoms with Gasteiger partial charge in [0.1, 0.15) is 0 Å². The summed E-state index contributed by atoms with van der Waals surface area (Å²) in [6.07, 6.45) is 2.53. The van der Waals surface area contributed by atoms with E-state index in [0.717, 1.165) is 40.4 Å². The van der Waals surface area contributed by atoms with Gasteiger partial charge >= 0.3 is 0 Å². The molecule has 3 aromatic rings. The molecule has 1 aliphatic rings. The monoisotopic (exact) mass is 394 g/mol. The zero-order chi connectivity index (χ0) is 19.7. The average Bonchev–Trinajstić information content (AvgIpc) is 3.31. The van der Waals surface area contributed by atoms with Crippen molar-refractivity contribution >= 4 is 32.6 Å². The quantitative estimate of drug-likeness (QED) is 0.613. The Morgan fingerprint density at radius 1 is 1.18 bits per heavy atom. The topological polar surface area (TPSA) is 42.4 Å². The molecule has 0 spiro atoms. The van der Waals surface area contributed by atoms with Gasteiger partial charge in [0, 0.05) is 6.61 Å². The van der Waals surface area contributed by atoms with Crippen molar-refractivity contribution in [2.45, 2.75) is 46.1 Å². The molecule has 1 aromatic heterocycles. The van der Waals surface area contributed by atoms with Gasteiger partial charge in [-0.1, -0.05) is 41.2 Å². The molecule has 1 unspecified atom stereocenters. The number of aromatic nitrogens is 1. The van der Waals surface area contributed by atoms with Gasteiger partial charge in [0.15, 0.2) is 5.13 Å². The van der Waals surface area contributed by atoms with Gasteiger partial charge in [-0.15, -0.1) is 0 Å². The van der Waals surface area contributed by atoms with E-state index in [1.807, 2.05) is 17.0 Å². The maximum atomic E-state index is 13.2. The summed E-state index contributed by atoms with van der Waals surface area (Å²) in [6.45, 7) is 7.62. The number of nitrogens with zero attached hydrogens (tertiary/aromatic N) is 2. The van der Waals surface area contributed by atoms with Crippen LogP contribution >= 0.6 is 11.3 Å². The minimum atomic E-state index is 0.0758. The molecule has 0 aliphatic carbocycles. The normalized spacial score (nSPS) is 16.6. The van der Waals surface area contributed by atoms with E-state index in [4.69, 9.17) is 9.72 Å². The van der Waals surface area contributed by atoms with Crippen molar-refractivity contribution in [2.75, 3.05) is 18.1 Å². The maximum absolute atomic E-state index is 13.2. The van der Waals surface area contributed by atoms with Crippen LogP contribution in [0.5, 0.6) is 0 Å². The molecule has 0 N–H and O–H groups in total. The van der Waals surface area contributed by atoms with Crippen LogP contribution in [-0.2, 0) is 16.0 Å². The van der Waals surface area contributed by atoms with Gasteiger partial charge < -0.3 is 4.74 Å². The number of carbonyl (C=O) groups is 1. The number of carbonyl (C=O) groups excluding carboxylic acids is 1. The van der Waals surface area contributed by atoms with Crippen molar-refractivity contribution in [3.05, 3.63) is 58.7 Å². The summed E-state index contributed by atoms with van der Waals surface area (Å²) >= 11 is 1.59. The lowest BCUT2D eigenvalue weighted by molar-refractivity contribution is -0.118. The first kappa shape index (κ1) is 19.1. The number of hydrogen-bond donors (Lipinski definition) is 0. The molecule has 0 radical (unpaired) electrons. The molecule has 1 fully saturated rings. The van der Waals surface area contributed by atoms with E-state index in [2.05, 4.69) is 45.0 Å². The summed E-state index contributed by atoms with van der Waals surface area (Å²) in [5.74, 6) is 0.0758. The fourth-order valence-electron chi connectivity index (χ4n) is 3.54. The summed E-state index contributed by atoms with van der Waals surface area (Å²) < 4.78 is 6.94. The molecule has 1 amide bonds. The summed E-state index contributed by atoms with van der Waals surface area (Å²) in [4.78, 5) is 19.9. The minimum Gasteiger partial charge on any atom is -0.376 e. The van der Waals surface area contributed by atoms with Gasteiger partial charge in [0.2, 0.25) is 5.91 Å². The first-order chi connectivity index (χ1) is 13.5. The Balaban J connectivity index is 1.64. The fraction of sp³-hybridized carbons (Fsp3) is 0.391. The summed E-state index contributed by atoms with van der Waals surface area (Å²) in [7, 11) is 0. The van der Waals surface area contributed by atoms with Crippen LogP contribution in [0, 0.1) is 20.8 Å². The molecule has 1 atom stereocenters. The van der Waals surface area contributed by atoms with Crippen molar-refractivity contribution in [1.82, 2.24) is 4.98 Å². The average molecular weight is 395 g/mol. The number of fused-ring (bicyclic) bond motifs is 1. The number of hydrogen-bond acceptors (Lipinski definition) is 4. The molecule has 2 aromatic carbocycles. The van der Waals surface area contributed by atoms with Crippen LogP contribution in [0.3, 0.4) is 0 Å². The van der Waals surface area contributed by atoms with Crippen LogP contribution in [0.1, 0.15) is 35.1 Å². The molecule has 4 rings (SSSR count). The van der Waals surface area contributed by atoms with E-state index in [-0.39, 0.29) is 12.0 Å². The molecule has 28 heavy (non-hydrogen) atoms. The van der Waals surface area contributed by atoms with Crippen LogP contribution in [0.25, 0.3) is 10.2 Å². The van der Waals surface area contributed by atoms with Crippen LogP contribution in [0.2, 0.25) is 0 Å². The molecular weight excluding hydrogens is 368 g/mol. The number of rotatable bonds is 5. The van der Waals surface area contributed by atoms with Crippen molar-refractivity contribution in [3.8, 4) is 0 Å². The molecule has 0 bridgehead atoms. The molecule has 0 saturated carbocycles. The highest BCUT2D eigenvalue weighted by molar-refractivity contribution is 7.22. The van der Waals surface area contributed by atoms with Gasteiger partial charge in [-0.25, -0.2) is 4.98 Å². The van der Waals surface area contributed by atoms with E-state index in [1.54, 1.807) is 11.3 Å². The predicted octanol–water partition coefficient (Wildman–Crippen LogP) is 4.98. The first-order valence-electron chi connectivity index (χ1n) is 9.85. The lowest BCUT2D eigenvalue weighted by atomic mass is 10.1. The van der Waals surface area contributed by atoms with E-state index >= 15 is 0 Å². The smallest absolute Gasteiger partial charge is 0.233 e. The Morgan fingerprint density at radius 2 is 1.93 bits per heavy atom. The molecular formula is C23H26N2O2S. The highest BCUT2D eigenvalue weighted by atomic mass is 32.1. The van der Waals surface area contributed by atoms with E-state index < -0.39 is 0 Å². The zero-order valence-electron chi connectivity index (χ0n) is 16.7. The largest absolute Gasteiger partial charge is 0.376 e. The number of aryl methyl sites for hydroxylation is 3. The number of amides is 1. The van der Waals surface area contributed by atoms with Crippen LogP contribution in [0.4, 0.5) is 5.13 Å². The van der Waals surface area contributed by atoms with Crippen LogP contribution in [-0.4, -0.2) is 30.1 Å². The highest BCUT2D eigenvalue weighted by Gasteiger charge is 2.26. The van der Waals surface area contributed by atoms with Gasteiger partial charge in [-0.05, 0) is 62.4 Å². The second-order valence-electron chi connectivity index (χ2n) is 7.70. The Morgan fingerprint density at radius 3 is 2.64 bits per heavy atom. The van der Waals surface area contributed by atoms with Gasteiger partial charge in [0.25, 0.3) is 0 Å². The van der Waals surface area contributed by atoms with E-state index in [9.17, 15) is 4.79 Å². The zero-order valence-corrected chi connectivity index (χ0v) is 17.5. The molecule has 2 heterocycles. The van der Waals surface area contributed by atoms with Crippen LogP contribution < -0.4 is 4.90 Å². The fourth-order valence-corrected chi connectivity index (χ4v) is 4.61. The van der Waals surface area contributed by atoms with Crippen molar-refractivity contribution in [3.63, 3.8) is 0 Å². The third-order valence-corrected chi connectivity index (χ3v) is 6.45. The summed E-state index contributed by atoms with van der Waals surface area (Å²) in [5.41, 5.74) is 5.66. The number of thiazole rings is 1. The summed E-state index contributed by atoms with van der Waals surface area (Å²) in [6, 6.07) is 12.4. The van der Waals surface area contributed by atoms with Gasteiger partial charge in [0.05, 0.1) is 29.3 Å². The Hall–Kier alpha value is -2.24. The number of benzene rings is 2. The standard InChI is InChI=1S/C23H26N2O2S/c1-15-6-8-18(9-7-15)13-22(26)25(14-19-5-4-10-27-19)23-24-20-11-16(2)17(3)12-21(20)28-23/h6-9,11-12,19H,4-5,10,13-14H2,1-3H3. The SMILES string of the molecule is Cc1ccc(CC(=O)N(CC2CCCO2)c2nc3cc(C)c(C)cc3s2)cc1.